The Morgan fingerprint density at radius 1 is 1.00 bits per heavy atom. The van der Waals surface area contributed by atoms with Gasteiger partial charge in [0, 0.05) is 67.8 Å². The summed E-state index contributed by atoms with van der Waals surface area (Å²) in [6.45, 7) is 8.38. The highest BCUT2D eigenvalue weighted by Crippen LogP contribution is 2.36. The van der Waals surface area contributed by atoms with E-state index in [4.69, 9.17) is 4.74 Å². The molecule has 0 bridgehead atoms. The van der Waals surface area contributed by atoms with E-state index in [0.29, 0.717) is 49.1 Å². The maximum Gasteiger partial charge on any atom is 0.256 e. The Morgan fingerprint density at radius 3 is 2.37 bits per heavy atom. The summed E-state index contributed by atoms with van der Waals surface area (Å²) in [6.07, 6.45) is 3.20. The number of carbonyl (C=O) groups is 1. The van der Waals surface area contributed by atoms with Crippen molar-refractivity contribution in [1.82, 2.24) is 14.9 Å². The van der Waals surface area contributed by atoms with Gasteiger partial charge in [-0.15, -0.1) is 0 Å². The fourth-order valence-corrected chi connectivity index (χ4v) is 5.46. The highest BCUT2D eigenvalue weighted by atomic mass is 19.1. The molecule has 0 radical (unpaired) electrons. The van der Waals surface area contributed by atoms with Crippen molar-refractivity contribution in [2.45, 2.75) is 45.7 Å². The number of anilines is 3. The maximum atomic E-state index is 15.7. The number of likely N-dealkylation sites (N-methyl/N-ethyl adjacent to an activating group) is 1. The molecule has 2 aromatic carbocycles. The van der Waals surface area contributed by atoms with Crippen LogP contribution in [0.2, 0.25) is 0 Å². The number of carbonyl (C=O) groups excluding carboxylic acids is 1. The molecule has 3 aromatic rings. The smallest absolute Gasteiger partial charge is 0.256 e. The topological polar surface area (TPSA) is 73.8 Å². The Labute approximate surface area is 238 Å². The molecule has 218 valence electrons. The Morgan fingerprint density at radius 2 is 1.71 bits per heavy atom. The van der Waals surface area contributed by atoms with Gasteiger partial charge < -0.3 is 24.8 Å². The normalized spacial score (nSPS) is 21.7. The highest BCUT2D eigenvalue weighted by molar-refractivity contribution is 6.07. The van der Waals surface area contributed by atoms with Gasteiger partial charge in [-0.2, -0.15) is 0 Å². The minimum Gasteiger partial charge on any atom is -0.372 e. The molecule has 0 saturated carbocycles. The van der Waals surface area contributed by atoms with Gasteiger partial charge in [0.05, 0.1) is 23.6 Å². The van der Waals surface area contributed by atoms with E-state index in [0.717, 1.165) is 18.7 Å². The third-order valence-electron chi connectivity index (χ3n) is 7.74. The summed E-state index contributed by atoms with van der Waals surface area (Å²) >= 11 is 0. The van der Waals surface area contributed by atoms with Crippen LogP contribution >= 0.6 is 0 Å². The van der Waals surface area contributed by atoms with Crippen LogP contribution in [-0.2, 0) is 11.4 Å². The number of piperazine rings is 1. The van der Waals surface area contributed by atoms with Crippen molar-refractivity contribution in [3.63, 3.8) is 0 Å². The van der Waals surface area contributed by atoms with Crippen LogP contribution < -0.4 is 15.1 Å². The maximum absolute atomic E-state index is 15.7. The fourth-order valence-electron chi connectivity index (χ4n) is 5.46. The number of nitrogens with one attached hydrogen (secondary N) is 1. The van der Waals surface area contributed by atoms with Crippen LogP contribution in [0.15, 0.2) is 42.7 Å². The number of alkyl halides is 1. The molecule has 3 atom stereocenters. The number of amides is 1. The first-order valence-electron chi connectivity index (χ1n) is 13.8. The number of ether oxygens (including phenoxy) is 1. The van der Waals surface area contributed by atoms with Gasteiger partial charge >= 0.3 is 0 Å². The van der Waals surface area contributed by atoms with Gasteiger partial charge in [0.1, 0.15) is 18.3 Å². The third-order valence-corrected chi connectivity index (χ3v) is 7.74. The van der Waals surface area contributed by atoms with Crippen LogP contribution in [0.1, 0.15) is 36.7 Å². The number of morpholine rings is 1. The highest BCUT2D eigenvalue weighted by Gasteiger charge is 2.27. The number of halogens is 3. The van der Waals surface area contributed by atoms with E-state index in [1.54, 1.807) is 18.5 Å². The minimum atomic E-state index is -0.998. The van der Waals surface area contributed by atoms with Gasteiger partial charge in [-0.05, 0) is 63.7 Å². The zero-order valence-electron chi connectivity index (χ0n) is 23.7. The molecular weight excluding hydrogens is 533 g/mol. The molecule has 1 aromatic heterocycles. The van der Waals surface area contributed by atoms with E-state index in [1.807, 2.05) is 30.7 Å². The quantitative estimate of drug-likeness (QED) is 0.454. The van der Waals surface area contributed by atoms with E-state index >= 15 is 4.39 Å². The molecule has 2 aliphatic rings. The van der Waals surface area contributed by atoms with Crippen molar-refractivity contribution in [2.24, 2.45) is 0 Å². The Hall–Kier alpha value is -3.70. The SMILES string of the molecule is CC1CN(c2ncc(-c3cc(NC(=O)c4ccc(F)cc4CF)c(N4CCN(C)C(C)C4)cc3F)cn2)CC(C)O1. The second kappa shape index (κ2) is 12.0. The molecule has 5 rings (SSSR count). The van der Waals surface area contributed by atoms with Crippen LogP contribution in [0.3, 0.4) is 0 Å². The summed E-state index contributed by atoms with van der Waals surface area (Å²) < 4.78 is 48.8. The Bertz CT molecular complexity index is 1400. The molecule has 41 heavy (non-hydrogen) atoms. The van der Waals surface area contributed by atoms with Crippen LogP contribution in [0.5, 0.6) is 0 Å². The van der Waals surface area contributed by atoms with Crippen LogP contribution in [0, 0.1) is 11.6 Å². The number of aromatic nitrogens is 2. The molecule has 2 saturated heterocycles. The molecule has 1 N–H and O–H groups in total. The van der Waals surface area contributed by atoms with Crippen molar-refractivity contribution in [3.8, 4) is 11.1 Å². The number of hydrogen-bond donors (Lipinski definition) is 1. The van der Waals surface area contributed by atoms with E-state index < -0.39 is 24.2 Å². The summed E-state index contributed by atoms with van der Waals surface area (Å²) in [5.74, 6) is -1.20. The average molecular weight is 569 g/mol. The van der Waals surface area contributed by atoms with Gasteiger partial charge in [-0.25, -0.2) is 23.1 Å². The standard InChI is InChI=1S/C30H35F3N6O2/c1-18-15-38(8-7-37(18)4)28-11-26(33)25(10-27(28)36-29(40)24-6-5-23(32)9-21(24)12-31)22-13-34-30(35-14-22)39-16-19(2)41-20(3)17-39/h5-6,9-11,13-14,18-20H,7-8,12,15-17H2,1-4H3,(H,36,40). The molecular formula is C30H35F3N6O2. The molecule has 8 nitrogen and oxygen atoms in total. The summed E-state index contributed by atoms with van der Waals surface area (Å²) in [5.41, 5.74) is 1.48. The van der Waals surface area contributed by atoms with Gasteiger partial charge in [0.15, 0.2) is 0 Å². The fraction of sp³-hybridized carbons (Fsp3) is 0.433. The van der Waals surface area contributed by atoms with Crippen molar-refractivity contribution in [1.29, 1.82) is 0 Å². The first kappa shape index (κ1) is 28.8. The van der Waals surface area contributed by atoms with Crippen LogP contribution in [0.4, 0.5) is 30.5 Å². The second-order valence-corrected chi connectivity index (χ2v) is 10.9. The molecule has 3 unspecified atom stereocenters. The zero-order valence-corrected chi connectivity index (χ0v) is 23.7. The van der Waals surface area contributed by atoms with Crippen molar-refractivity contribution in [3.05, 3.63) is 65.5 Å². The molecule has 1 amide bonds. The lowest BCUT2D eigenvalue weighted by Crippen LogP contribution is -2.50. The largest absolute Gasteiger partial charge is 0.372 e. The zero-order chi connectivity index (χ0) is 29.3. The Kier molecular flexibility index (Phi) is 8.46. The molecule has 2 aliphatic heterocycles. The monoisotopic (exact) mass is 568 g/mol. The van der Waals surface area contributed by atoms with E-state index in [9.17, 15) is 13.6 Å². The first-order chi connectivity index (χ1) is 19.6. The van der Waals surface area contributed by atoms with Crippen LogP contribution in [-0.4, -0.2) is 78.8 Å². The van der Waals surface area contributed by atoms with Crippen LogP contribution in [0.25, 0.3) is 11.1 Å². The van der Waals surface area contributed by atoms with E-state index in [1.165, 1.54) is 12.1 Å². The van der Waals surface area contributed by atoms with Gasteiger partial charge in [-0.1, -0.05) is 0 Å². The molecule has 3 heterocycles. The average Bonchev–Trinajstić information content (AvgIpc) is 2.94. The van der Waals surface area contributed by atoms with Gasteiger partial charge in [-0.3, -0.25) is 4.79 Å². The Balaban J connectivity index is 1.49. The predicted octanol–water partition coefficient (Wildman–Crippen LogP) is 4.90. The molecule has 2 fully saturated rings. The first-order valence-corrected chi connectivity index (χ1v) is 13.8. The van der Waals surface area contributed by atoms with Crippen molar-refractivity contribution < 1.29 is 22.7 Å². The van der Waals surface area contributed by atoms with E-state index in [-0.39, 0.29) is 34.9 Å². The number of hydrogen-bond acceptors (Lipinski definition) is 7. The van der Waals surface area contributed by atoms with E-state index in [2.05, 4.69) is 27.1 Å². The second-order valence-electron chi connectivity index (χ2n) is 10.9. The molecule has 0 aliphatic carbocycles. The summed E-state index contributed by atoms with van der Waals surface area (Å²) in [6, 6.07) is 6.54. The lowest BCUT2D eigenvalue weighted by Gasteiger charge is -2.39. The summed E-state index contributed by atoms with van der Waals surface area (Å²) in [5, 5.41) is 2.84. The molecule has 11 heteroatoms. The summed E-state index contributed by atoms with van der Waals surface area (Å²) in [7, 11) is 2.03. The minimum absolute atomic E-state index is 0.0131. The lowest BCUT2D eigenvalue weighted by atomic mass is 10.0. The van der Waals surface area contributed by atoms with Crippen molar-refractivity contribution in [2.75, 3.05) is 54.9 Å². The van der Waals surface area contributed by atoms with Gasteiger partial charge in [0.2, 0.25) is 5.95 Å². The number of nitrogens with zero attached hydrogens (tertiary/aromatic N) is 5. The van der Waals surface area contributed by atoms with Crippen molar-refractivity contribution >= 4 is 23.2 Å². The predicted molar refractivity (Wildman–Crippen MR) is 153 cm³/mol. The number of rotatable bonds is 6. The van der Waals surface area contributed by atoms with Gasteiger partial charge in [0.25, 0.3) is 5.91 Å². The summed E-state index contributed by atoms with van der Waals surface area (Å²) in [4.78, 5) is 28.6. The third kappa shape index (κ3) is 6.31. The number of benzene rings is 2. The molecule has 0 spiro atoms. The lowest BCUT2D eigenvalue weighted by molar-refractivity contribution is -0.00572.